The van der Waals surface area contributed by atoms with Gasteiger partial charge in [0, 0.05) is 51.3 Å². The Bertz CT molecular complexity index is 1510. The van der Waals surface area contributed by atoms with Crippen LogP contribution in [0.15, 0.2) is 69.5 Å². The molecular weight excluding hydrogens is 602 g/mol. The zero-order valence-corrected chi connectivity index (χ0v) is 25.7. The fraction of sp³-hybridized carbons (Fsp3) is 0.394. The van der Waals surface area contributed by atoms with E-state index in [4.69, 9.17) is 4.74 Å². The zero-order chi connectivity index (χ0) is 30.6. The van der Waals surface area contributed by atoms with E-state index < -0.39 is 17.9 Å². The van der Waals surface area contributed by atoms with Crippen molar-refractivity contribution in [3.05, 3.63) is 86.2 Å². The Balaban J connectivity index is 1.67. The number of ether oxygens (including phenoxy) is 1. The Morgan fingerprint density at radius 3 is 1.93 bits per heavy atom. The summed E-state index contributed by atoms with van der Waals surface area (Å²) in [5, 5.41) is 19.1. The van der Waals surface area contributed by atoms with Crippen LogP contribution in [-0.4, -0.2) is 45.2 Å². The van der Waals surface area contributed by atoms with E-state index in [9.17, 15) is 29.4 Å². The molecule has 0 fully saturated rings. The second kappa shape index (κ2) is 10.8. The van der Waals surface area contributed by atoms with Crippen LogP contribution in [0, 0.1) is 10.8 Å². The minimum atomic E-state index is -1.03. The maximum Gasteiger partial charge on any atom is 0.335 e. The average Bonchev–Trinajstić information content (AvgIpc) is 2.87. The number of Topliss-reactive ketones (excluding diaryl/α,β-unsaturated/α-hetero) is 2. The highest BCUT2D eigenvalue weighted by Crippen LogP contribution is 2.55. The molecule has 9 heteroatoms. The van der Waals surface area contributed by atoms with Gasteiger partial charge in [0.15, 0.2) is 11.6 Å². The van der Waals surface area contributed by atoms with E-state index >= 15 is 0 Å². The van der Waals surface area contributed by atoms with Crippen molar-refractivity contribution in [2.24, 2.45) is 10.8 Å². The van der Waals surface area contributed by atoms with Gasteiger partial charge in [-0.15, -0.1) is 0 Å². The average molecular weight is 637 g/mol. The van der Waals surface area contributed by atoms with E-state index in [1.807, 2.05) is 39.8 Å². The SMILES string of the molecule is CC1(C)CC(=O)C2=C(C1)N(CC(=O)O)C1=C(C(=O)CC(C)(C)C1)C2c1cc(Br)ccc1OCc1ccc(C(=O)O)cc1. The number of aromatic carboxylic acids is 1. The molecule has 42 heavy (non-hydrogen) atoms. The van der Waals surface area contributed by atoms with Crippen LogP contribution in [0.25, 0.3) is 0 Å². The molecule has 0 radical (unpaired) electrons. The first-order valence-electron chi connectivity index (χ1n) is 13.9. The van der Waals surface area contributed by atoms with Gasteiger partial charge < -0.3 is 19.8 Å². The van der Waals surface area contributed by atoms with Crippen LogP contribution in [0.2, 0.25) is 0 Å². The van der Waals surface area contributed by atoms with Crippen molar-refractivity contribution in [3.63, 3.8) is 0 Å². The predicted octanol–water partition coefficient (Wildman–Crippen LogP) is 6.50. The van der Waals surface area contributed by atoms with E-state index in [2.05, 4.69) is 15.9 Å². The molecule has 2 aromatic carbocycles. The first-order valence-corrected chi connectivity index (χ1v) is 14.7. The number of ketones is 2. The summed E-state index contributed by atoms with van der Waals surface area (Å²) in [6.45, 7) is 7.84. The molecule has 2 N–H and O–H groups in total. The number of carbonyl (C=O) groups is 4. The molecule has 0 saturated carbocycles. The van der Waals surface area contributed by atoms with Crippen molar-refractivity contribution in [2.75, 3.05) is 6.54 Å². The maximum absolute atomic E-state index is 14.0. The third-order valence-corrected chi connectivity index (χ3v) is 8.69. The van der Waals surface area contributed by atoms with Crippen molar-refractivity contribution >= 4 is 39.4 Å². The number of carbonyl (C=O) groups excluding carboxylic acids is 2. The quantitative estimate of drug-likeness (QED) is 0.354. The number of hydrogen-bond acceptors (Lipinski definition) is 6. The lowest BCUT2D eigenvalue weighted by Gasteiger charge is -2.48. The van der Waals surface area contributed by atoms with Crippen LogP contribution < -0.4 is 4.74 Å². The molecule has 0 bridgehead atoms. The fourth-order valence-electron chi connectivity index (χ4n) is 6.47. The van der Waals surface area contributed by atoms with Gasteiger partial charge in [0.1, 0.15) is 18.9 Å². The largest absolute Gasteiger partial charge is 0.489 e. The molecule has 1 aliphatic heterocycles. The number of benzene rings is 2. The molecule has 8 nitrogen and oxygen atoms in total. The third-order valence-electron chi connectivity index (χ3n) is 8.19. The summed E-state index contributed by atoms with van der Waals surface area (Å²) in [6.07, 6.45) is 1.57. The van der Waals surface area contributed by atoms with Gasteiger partial charge in [-0.3, -0.25) is 14.4 Å². The fourth-order valence-corrected chi connectivity index (χ4v) is 6.84. The van der Waals surface area contributed by atoms with Gasteiger partial charge in [-0.1, -0.05) is 55.8 Å². The van der Waals surface area contributed by atoms with E-state index in [0.717, 1.165) is 10.0 Å². The van der Waals surface area contributed by atoms with Crippen molar-refractivity contribution < 1.29 is 34.1 Å². The second-order valence-electron chi connectivity index (χ2n) is 13.0. The van der Waals surface area contributed by atoms with Gasteiger partial charge in [0.25, 0.3) is 0 Å². The second-order valence-corrected chi connectivity index (χ2v) is 13.9. The molecule has 1 heterocycles. The van der Waals surface area contributed by atoms with E-state index in [1.165, 1.54) is 12.1 Å². The molecule has 3 aliphatic rings. The van der Waals surface area contributed by atoms with Crippen molar-refractivity contribution in [1.29, 1.82) is 0 Å². The Hall–Kier alpha value is -3.72. The first kappa shape index (κ1) is 29.8. The molecule has 220 valence electrons. The lowest BCUT2D eigenvalue weighted by atomic mass is 9.63. The predicted molar refractivity (Wildman–Crippen MR) is 159 cm³/mol. The van der Waals surface area contributed by atoms with E-state index in [0.29, 0.717) is 46.7 Å². The maximum atomic E-state index is 14.0. The highest BCUT2D eigenvalue weighted by molar-refractivity contribution is 9.10. The molecule has 0 unspecified atom stereocenters. The molecule has 0 amide bonds. The molecule has 2 aromatic rings. The summed E-state index contributed by atoms with van der Waals surface area (Å²) >= 11 is 3.57. The topological polar surface area (TPSA) is 121 Å². The molecule has 5 rings (SSSR count). The smallest absolute Gasteiger partial charge is 0.335 e. The van der Waals surface area contributed by atoms with Gasteiger partial charge >= 0.3 is 11.9 Å². The zero-order valence-electron chi connectivity index (χ0n) is 24.1. The number of carboxylic acids is 2. The monoisotopic (exact) mass is 635 g/mol. The number of allylic oxidation sites excluding steroid dienone is 4. The Morgan fingerprint density at radius 2 is 1.43 bits per heavy atom. The summed E-state index contributed by atoms with van der Waals surface area (Å²) in [5.41, 5.74) is 3.12. The summed E-state index contributed by atoms with van der Waals surface area (Å²) in [6, 6.07) is 11.9. The molecule has 0 spiro atoms. The highest BCUT2D eigenvalue weighted by Gasteiger charge is 2.49. The van der Waals surface area contributed by atoms with E-state index in [-0.39, 0.29) is 54.0 Å². The summed E-state index contributed by atoms with van der Waals surface area (Å²) in [7, 11) is 0. The standard InChI is InChI=1S/C33H34BrNO7/c1-32(2)12-22-29(24(36)14-32)28(30-23(35(22)16-27(38)39)13-33(3,4)15-25(30)37)21-11-20(34)9-10-26(21)42-17-18-5-7-19(8-6-18)31(40)41/h5-11,28H,12-17H2,1-4H3,(H,38,39)(H,40,41). The minimum Gasteiger partial charge on any atom is -0.489 e. The van der Waals surface area contributed by atoms with E-state index in [1.54, 1.807) is 23.1 Å². The minimum absolute atomic E-state index is 0.0963. The van der Waals surface area contributed by atoms with Crippen LogP contribution in [-0.2, 0) is 21.0 Å². The lowest BCUT2D eigenvalue weighted by molar-refractivity contribution is -0.138. The number of nitrogens with zero attached hydrogens (tertiary/aromatic N) is 1. The number of rotatable bonds is 7. The van der Waals surface area contributed by atoms with Crippen molar-refractivity contribution in [1.82, 2.24) is 4.90 Å². The van der Waals surface area contributed by atoms with Crippen LogP contribution in [0.5, 0.6) is 5.75 Å². The third kappa shape index (κ3) is 5.79. The van der Waals surface area contributed by atoms with Crippen LogP contribution in [0.3, 0.4) is 0 Å². The number of aliphatic carboxylic acids is 1. The normalized spacial score (nSPS) is 19.9. The Labute approximate surface area is 253 Å². The van der Waals surface area contributed by atoms with Gasteiger partial charge in [-0.05, 0) is 59.6 Å². The Morgan fingerprint density at radius 1 is 0.881 bits per heavy atom. The van der Waals surface area contributed by atoms with Crippen LogP contribution in [0.4, 0.5) is 0 Å². The highest BCUT2D eigenvalue weighted by atomic mass is 79.9. The van der Waals surface area contributed by atoms with Gasteiger partial charge in [0.05, 0.1) is 5.56 Å². The van der Waals surface area contributed by atoms with Crippen molar-refractivity contribution in [2.45, 2.75) is 65.9 Å². The van der Waals surface area contributed by atoms with Crippen LogP contribution >= 0.6 is 15.9 Å². The molecule has 2 aliphatic carbocycles. The lowest BCUT2D eigenvalue weighted by Crippen LogP contribution is -2.45. The summed E-state index contributed by atoms with van der Waals surface area (Å²) in [5.74, 6) is -2.44. The number of hydrogen-bond donors (Lipinski definition) is 2. The Kier molecular flexibility index (Phi) is 7.68. The molecular formula is C33H34BrNO7. The summed E-state index contributed by atoms with van der Waals surface area (Å²) in [4.78, 5) is 53.0. The molecule has 0 saturated heterocycles. The molecule has 0 atom stereocenters. The van der Waals surface area contributed by atoms with Crippen LogP contribution in [0.1, 0.15) is 80.8 Å². The summed E-state index contributed by atoms with van der Waals surface area (Å²) < 4.78 is 7.04. The van der Waals surface area contributed by atoms with Gasteiger partial charge in [-0.2, -0.15) is 0 Å². The number of halogens is 1. The van der Waals surface area contributed by atoms with Gasteiger partial charge in [-0.25, -0.2) is 4.79 Å². The first-order chi connectivity index (χ1) is 19.7. The number of carboxylic acid groups (broad SMARTS) is 2. The molecule has 0 aromatic heterocycles. The van der Waals surface area contributed by atoms with Crippen molar-refractivity contribution in [3.8, 4) is 5.75 Å². The van der Waals surface area contributed by atoms with Gasteiger partial charge in [0.2, 0.25) is 0 Å².